The van der Waals surface area contributed by atoms with Crippen LogP contribution in [0.4, 0.5) is 11.4 Å². The van der Waals surface area contributed by atoms with Gasteiger partial charge in [0.05, 0.1) is 0 Å². The van der Waals surface area contributed by atoms with E-state index in [0.29, 0.717) is 22.0 Å². The number of hydrogen-bond donors (Lipinski definition) is 2. The van der Waals surface area contributed by atoms with Crippen LogP contribution in [0.25, 0.3) is 0 Å². The lowest BCUT2D eigenvalue weighted by atomic mass is 10.1. The van der Waals surface area contributed by atoms with Crippen molar-refractivity contribution < 1.29 is 19.5 Å². The zero-order chi connectivity index (χ0) is 19.1. The summed E-state index contributed by atoms with van der Waals surface area (Å²) in [5, 5.41) is 16.3. The number of carboxylic acids is 1. The predicted molar refractivity (Wildman–Crippen MR) is 98.1 cm³/mol. The molecule has 0 bridgehead atoms. The molecule has 2 aromatic carbocycles. The molecule has 2 rings (SSSR count). The van der Waals surface area contributed by atoms with Gasteiger partial charge in [-0.3, -0.25) is 9.59 Å². The maximum Gasteiger partial charge on any atom is 0.255 e. The van der Waals surface area contributed by atoms with Gasteiger partial charge < -0.3 is 20.5 Å². The molecule has 0 aliphatic heterocycles. The van der Waals surface area contributed by atoms with Crippen LogP contribution in [0.2, 0.25) is 5.02 Å². The standard InChI is InChI=1S/C19H19ClN2O4/c1-12-5-8-14(20)11-16(12)22-19(26)13-6-9-15(10-7-13)21-17(23)3-2-4-18(24)25/h5-11H,2-4H2,1H3,(H,21,23)(H,22,26)(H,24,25)/p-1. The quantitative estimate of drug-likeness (QED) is 0.779. The number of hydrogen-bond acceptors (Lipinski definition) is 4. The molecular weight excluding hydrogens is 356 g/mol. The van der Waals surface area contributed by atoms with Gasteiger partial charge in [-0.25, -0.2) is 0 Å². The summed E-state index contributed by atoms with van der Waals surface area (Å²) >= 11 is 5.94. The van der Waals surface area contributed by atoms with Gasteiger partial charge in [0.2, 0.25) is 5.91 Å². The Bertz CT molecular complexity index is 819. The van der Waals surface area contributed by atoms with Gasteiger partial charge in [0.15, 0.2) is 0 Å². The van der Waals surface area contributed by atoms with E-state index in [1.54, 1.807) is 36.4 Å². The highest BCUT2D eigenvalue weighted by molar-refractivity contribution is 6.31. The van der Waals surface area contributed by atoms with Crippen LogP contribution in [-0.4, -0.2) is 17.8 Å². The second kappa shape index (κ2) is 9.01. The zero-order valence-electron chi connectivity index (χ0n) is 14.2. The molecule has 0 atom stereocenters. The van der Waals surface area contributed by atoms with Crippen LogP contribution in [0.3, 0.4) is 0 Å². The summed E-state index contributed by atoms with van der Waals surface area (Å²) in [4.78, 5) is 34.3. The fourth-order valence-electron chi connectivity index (χ4n) is 2.25. The second-order valence-electron chi connectivity index (χ2n) is 5.76. The molecular formula is C19H18ClN2O4-. The second-order valence-corrected chi connectivity index (χ2v) is 6.20. The highest BCUT2D eigenvalue weighted by Gasteiger charge is 2.09. The summed E-state index contributed by atoms with van der Waals surface area (Å²) in [6, 6.07) is 11.6. The van der Waals surface area contributed by atoms with Gasteiger partial charge in [-0.05, 0) is 61.7 Å². The Morgan fingerprint density at radius 3 is 2.35 bits per heavy atom. The minimum atomic E-state index is -1.18. The largest absolute Gasteiger partial charge is 0.550 e. The molecule has 7 heteroatoms. The van der Waals surface area contributed by atoms with Crippen LogP contribution in [0, 0.1) is 6.92 Å². The molecule has 0 fully saturated rings. The van der Waals surface area contributed by atoms with Crippen LogP contribution in [0.5, 0.6) is 0 Å². The van der Waals surface area contributed by atoms with Gasteiger partial charge in [-0.15, -0.1) is 0 Å². The molecule has 0 radical (unpaired) electrons. The summed E-state index contributed by atoms with van der Waals surface area (Å²) < 4.78 is 0. The average Bonchev–Trinajstić information content (AvgIpc) is 2.58. The van der Waals surface area contributed by atoms with E-state index in [9.17, 15) is 19.5 Å². The Morgan fingerprint density at radius 1 is 1.00 bits per heavy atom. The third kappa shape index (κ3) is 5.89. The monoisotopic (exact) mass is 373 g/mol. The van der Waals surface area contributed by atoms with Gasteiger partial charge in [-0.1, -0.05) is 17.7 Å². The first kappa shape index (κ1) is 19.5. The van der Waals surface area contributed by atoms with E-state index in [1.165, 1.54) is 0 Å². The minimum absolute atomic E-state index is 0.0876. The van der Waals surface area contributed by atoms with Crippen molar-refractivity contribution >= 4 is 40.8 Å². The summed E-state index contributed by atoms with van der Waals surface area (Å²) in [6.07, 6.45) is 0.146. The van der Waals surface area contributed by atoms with Gasteiger partial charge in [0.1, 0.15) is 0 Å². The van der Waals surface area contributed by atoms with Crippen LogP contribution >= 0.6 is 11.6 Å². The molecule has 0 aromatic heterocycles. The van der Waals surface area contributed by atoms with Crippen LogP contribution in [0.1, 0.15) is 35.2 Å². The molecule has 136 valence electrons. The number of halogens is 1. The third-order valence-corrected chi connectivity index (χ3v) is 3.90. The maximum atomic E-state index is 12.3. The Balaban J connectivity index is 1.93. The molecule has 2 N–H and O–H groups in total. The third-order valence-electron chi connectivity index (χ3n) is 3.66. The highest BCUT2D eigenvalue weighted by atomic mass is 35.5. The lowest BCUT2D eigenvalue weighted by Crippen LogP contribution is -2.22. The van der Waals surface area contributed by atoms with Crippen molar-refractivity contribution in [2.75, 3.05) is 10.6 Å². The molecule has 2 aromatic rings. The van der Waals surface area contributed by atoms with E-state index in [-0.39, 0.29) is 31.1 Å². The van der Waals surface area contributed by atoms with Crippen molar-refractivity contribution in [2.45, 2.75) is 26.2 Å². The van der Waals surface area contributed by atoms with Crippen molar-refractivity contribution in [3.05, 3.63) is 58.6 Å². The first-order chi connectivity index (χ1) is 12.3. The fraction of sp³-hybridized carbons (Fsp3) is 0.211. The molecule has 0 unspecified atom stereocenters. The van der Waals surface area contributed by atoms with Crippen molar-refractivity contribution in [1.29, 1.82) is 0 Å². The molecule has 26 heavy (non-hydrogen) atoms. The number of rotatable bonds is 7. The number of nitrogens with one attached hydrogen (secondary N) is 2. The highest BCUT2D eigenvalue weighted by Crippen LogP contribution is 2.21. The summed E-state index contributed by atoms with van der Waals surface area (Å²) in [6.45, 7) is 1.87. The Morgan fingerprint density at radius 2 is 1.69 bits per heavy atom. The van der Waals surface area contributed by atoms with Crippen molar-refractivity contribution in [1.82, 2.24) is 0 Å². The minimum Gasteiger partial charge on any atom is -0.550 e. The Labute approximate surface area is 156 Å². The van der Waals surface area contributed by atoms with Crippen molar-refractivity contribution in [3.63, 3.8) is 0 Å². The molecule has 0 saturated heterocycles. The topological polar surface area (TPSA) is 98.3 Å². The lowest BCUT2D eigenvalue weighted by molar-refractivity contribution is -0.305. The van der Waals surface area contributed by atoms with Gasteiger partial charge in [0, 0.05) is 34.4 Å². The number of benzene rings is 2. The van der Waals surface area contributed by atoms with Crippen LogP contribution < -0.4 is 15.7 Å². The number of amides is 2. The molecule has 0 heterocycles. The Kier molecular flexibility index (Phi) is 6.74. The van der Waals surface area contributed by atoms with E-state index < -0.39 is 5.97 Å². The SMILES string of the molecule is Cc1ccc(Cl)cc1NC(=O)c1ccc(NC(=O)CCCC(=O)[O-])cc1. The molecule has 0 aliphatic rings. The van der Waals surface area contributed by atoms with E-state index in [0.717, 1.165) is 5.56 Å². The molecule has 0 spiro atoms. The Hall–Kier alpha value is -2.86. The number of carbonyl (C=O) groups is 3. The molecule has 2 amide bonds. The van der Waals surface area contributed by atoms with Gasteiger partial charge >= 0.3 is 0 Å². The first-order valence-electron chi connectivity index (χ1n) is 8.02. The molecule has 0 aliphatic carbocycles. The van der Waals surface area contributed by atoms with E-state index >= 15 is 0 Å². The average molecular weight is 374 g/mol. The number of carbonyl (C=O) groups excluding carboxylic acids is 3. The molecule has 0 saturated carbocycles. The molecule has 6 nitrogen and oxygen atoms in total. The van der Waals surface area contributed by atoms with E-state index in [4.69, 9.17) is 11.6 Å². The zero-order valence-corrected chi connectivity index (χ0v) is 14.9. The number of anilines is 2. The smallest absolute Gasteiger partial charge is 0.255 e. The number of aliphatic carboxylic acids is 1. The number of carboxylic acid groups (broad SMARTS) is 1. The van der Waals surface area contributed by atoms with Crippen LogP contribution in [-0.2, 0) is 9.59 Å². The van der Waals surface area contributed by atoms with E-state index in [1.807, 2.05) is 13.0 Å². The summed E-state index contributed by atoms with van der Waals surface area (Å²) in [7, 11) is 0. The maximum absolute atomic E-state index is 12.3. The van der Waals surface area contributed by atoms with E-state index in [2.05, 4.69) is 10.6 Å². The summed E-state index contributed by atoms with van der Waals surface area (Å²) in [5.74, 6) is -1.76. The normalized spacial score (nSPS) is 10.2. The first-order valence-corrected chi connectivity index (χ1v) is 8.40. The van der Waals surface area contributed by atoms with Crippen molar-refractivity contribution in [3.8, 4) is 0 Å². The van der Waals surface area contributed by atoms with Gasteiger partial charge in [-0.2, -0.15) is 0 Å². The predicted octanol–water partition coefficient (Wildman–Crippen LogP) is 2.76. The van der Waals surface area contributed by atoms with Gasteiger partial charge in [0.25, 0.3) is 5.91 Å². The van der Waals surface area contributed by atoms with Crippen LogP contribution in [0.15, 0.2) is 42.5 Å². The van der Waals surface area contributed by atoms with Crippen molar-refractivity contribution in [2.24, 2.45) is 0 Å². The number of aryl methyl sites for hydroxylation is 1. The summed E-state index contributed by atoms with van der Waals surface area (Å²) in [5.41, 5.74) is 2.48. The fourth-order valence-corrected chi connectivity index (χ4v) is 2.42. The lowest BCUT2D eigenvalue weighted by Gasteiger charge is -2.10.